The van der Waals surface area contributed by atoms with Crippen molar-refractivity contribution in [2.75, 3.05) is 6.54 Å². The summed E-state index contributed by atoms with van der Waals surface area (Å²) in [6, 6.07) is 5.56. The van der Waals surface area contributed by atoms with Crippen LogP contribution in [0.2, 0.25) is 0 Å². The van der Waals surface area contributed by atoms with Gasteiger partial charge in [0.25, 0.3) is 0 Å². The molecule has 17 heavy (non-hydrogen) atoms. The van der Waals surface area contributed by atoms with Crippen LogP contribution in [0.15, 0.2) is 18.2 Å². The Morgan fingerprint density at radius 2 is 2.18 bits per heavy atom. The van der Waals surface area contributed by atoms with Crippen molar-refractivity contribution in [2.45, 2.75) is 32.9 Å². The molecule has 1 aromatic carbocycles. The van der Waals surface area contributed by atoms with Crippen LogP contribution in [0.3, 0.4) is 0 Å². The molecule has 0 amide bonds. The summed E-state index contributed by atoms with van der Waals surface area (Å²) in [5, 5.41) is 1.06. The van der Waals surface area contributed by atoms with E-state index < -0.39 is 0 Å². The van der Waals surface area contributed by atoms with Gasteiger partial charge in [0.1, 0.15) is 5.82 Å². The second-order valence-electron chi connectivity index (χ2n) is 5.09. The maximum absolute atomic E-state index is 13.3. The van der Waals surface area contributed by atoms with Gasteiger partial charge in [-0.3, -0.25) is 4.90 Å². The standard InChI is InChI=1S/C14H17FN2/c1-9(2)17-6-5-11-12-7-10(15)3-4-13(12)16-14(11)8-17/h3-4,7,9,16H,5-6,8H2,1-2H3. The Kier molecular flexibility index (Phi) is 2.44. The van der Waals surface area contributed by atoms with E-state index in [2.05, 4.69) is 23.7 Å². The lowest BCUT2D eigenvalue weighted by Crippen LogP contribution is -2.35. The number of nitrogens with zero attached hydrogens (tertiary/aromatic N) is 1. The molecule has 0 spiro atoms. The lowest BCUT2D eigenvalue weighted by atomic mass is 10.0. The van der Waals surface area contributed by atoms with E-state index in [0.29, 0.717) is 6.04 Å². The van der Waals surface area contributed by atoms with E-state index in [4.69, 9.17) is 0 Å². The Bertz CT molecular complexity index is 557. The van der Waals surface area contributed by atoms with Crippen molar-refractivity contribution >= 4 is 10.9 Å². The molecule has 3 heteroatoms. The van der Waals surface area contributed by atoms with Crippen molar-refractivity contribution in [3.05, 3.63) is 35.3 Å². The van der Waals surface area contributed by atoms with E-state index in [9.17, 15) is 4.39 Å². The second-order valence-corrected chi connectivity index (χ2v) is 5.09. The molecule has 3 rings (SSSR count). The van der Waals surface area contributed by atoms with Crippen LogP contribution >= 0.6 is 0 Å². The van der Waals surface area contributed by atoms with Crippen LogP contribution in [0.25, 0.3) is 10.9 Å². The number of rotatable bonds is 1. The average molecular weight is 232 g/mol. The molecule has 90 valence electrons. The van der Waals surface area contributed by atoms with Gasteiger partial charge in [-0.15, -0.1) is 0 Å². The fraction of sp³-hybridized carbons (Fsp3) is 0.429. The Morgan fingerprint density at radius 3 is 2.94 bits per heavy atom. The smallest absolute Gasteiger partial charge is 0.123 e. The first-order valence-corrected chi connectivity index (χ1v) is 6.18. The average Bonchev–Trinajstić information content (AvgIpc) is 2.66. The molecular formula is C14H17FN2. The van der Waals surface area contributed by atoms with Crippen molar-refractivity contribution in [1.82, 2.24) is 9.88 Å². The van der Waals surface area contributed by atoms with Gasteiger partial charge in [0, 0.05) is 35.7 Å². The minimum Gasteiger partial charge on any atom is -0.357 e. The lowest BCUT2D eigenvalue weighted by molar-refractivity contribution is 0.201. The largest absolute Gasteiger partial charge is 0.357 e. The van der Waals surface area contributed by atoms with E-state index in [1.165, 1.54) is 17.3 Å². The maximum Gasteiger partial charge on any atom is 0.123 e. The normalized spacial score (nSPS) is 16.7. The molecule has 0 saturated heterocycles. The summed E-state index contributed by atoms with van der Waals surface area (Å²) in [6.07, 6.45) is 1.01. The number of benzene rings is 1. The van der Waals surface area contributed by atoms with Crippen LogP contribution in [-0.2, 0) is 13.0 Å². The Balaban J connectivity index is 2.07. The minimum atomic E-state index is -0.148. The summed E-state index contributed by atoms with van der Waals surface area (Å²) in [5.41, 5.74) is 3.61. The molecule has 2 nitrogen and oxygen atoms in total. The number of hydrogen-bond donors (Lipinski definition) is 1. The molecule has 0 saturated carbocycles. The van der Waals surface area contributed by atoms with Crippen molar-refractivity contribution < 1.29 is 4.39 Å². The van der Waals surface area contributed by atoms with Crippen LogP contribution in [-0.4, -0.2) is 22.5 Å². The van der Waals surface area contributed by atoms with Crippen LogP contribution in [0.1, 0.15) is 25.1 Å². The summed E-state index contributed by atoms with van der Waals surface area (Å²) in [6.45, 7) is 6.44. The number of H-pyrrole nitrogens is 1. The molecule has 1 aliphatic heterocycles. The predicted octanol–water partition coefficient (Wildman–Crippen LogP) is 3.07. The summed E-state index contributed by atoms with van der Waals surface area (Å²) in [7, 11) is 0. The van der Waals surface area contributed by atoms with E-state index in [1.807, 2.05) is 6.07 Å². The molecular weight excluding hydrogens is 215 g/mol. The Hall–Kier alpha value is -1.35. The third-order valence-electron chi connectivity index (χ3n) is 3.70. The summed E-state index contributed by atoms with van der Waals surface area (Å²) >= 11 is 0. The van der Waals surface area contributed by atoms with Gasteiger partial charge in [-0.1, -0.05) is 0 Å². The number of hydrogen-bond acceptors (Lipinski definition) is 1. The molecule has 0 bridgehead atoms. The number of halogens is 1. The predicted molar refractivity (Wildman–Crippen MR) is 67.5 cm³/mol. The van der Waals surface area contributed by atoms with E-state index >= 15 is 0 Å². The zero-order chi connectivity index (χ0) is 12.0. The molecule has 2 aromatic rings. The van der Waals surface area contributed by atoms with Crippen LogP contribution in [0, 0.1) is 5.82 Å². The topological polar surface area (TPSA) is 19.0 Å². The Labute approximate surface area is 100 Å². The highest BCUT2D eigenvalue weighted by molar-refractivity contribution is 5.85. The van der Waals surface area contributed by atoms with E-state index in [1.54, 1.807) is 6.07 Å². The first kappa shape index (κ1) is 10.8. The molecule has 0 radical (unpaired) electrons. The highest BCUT2D eigenvalue weighted by atomic mass is 19.1. The van der Waals surface area contributed by atoms with Gasteiger partial charge in [-0.05, 0) is 44.0 Å². The maximum atomic E-state index is 13.3. The quantitative estimate of drug-likeness (QED) is 0.800. The van der Waals surface area contributed by atoms with Crippen molar-refractivity contribution in [3.63, 3.8) is 0 Å². The van der Waals surface area contributed by atoms with Crippen molar-refractivity contribution in [1.29, 1.82) is 0 Å². The summed E-state index contributed by atoms with van der Waals surface area (Å²) < 4.78 is 13.3. The monoisotopic (exact) mass is 232 g/mol. The van der Waals surface area contributed by atoms with Gasteiger partial charge in [0.2, 0.25) is 0 Å². The third kappa shape index (κ3) is 1.75. The van der Waals surface area contributed by atoms with Gasteiger partial charge in [-0.25, -0.2) is 4.39 Å². The van der Waals surface area contributed by atoms with Crippen molar-refractivity contribution in [2.24, 2.45) is 0 Å². The SMILES string of the molecule is CC(C)N1CCc2c([nH]c3ccc(F)cc23)C1. The highest BCUT2D eigenvalue weighted by Gasteiger charge is 2.21. The van der Waals surface area contributed by atoms with Gasteiger partial charge in [0.15, 0.2) is 0 Å². The van der Waals surface area contributed by atoms with Gasteiger partial charge < -0.3 is 4.98 Å². The molecule has 1 N–H and O–H groups in total. The molecule has 0 unspecified atom stereocenters. The molecule has 0 aliphatic carbocycles. The number of nitrogens with one attached hydrogen (secondary N) is 1. The first-order valence-electron chi connectivity index (χ1n) is 6.18. The third-order valence-corrected chi connectivity index (χ3v) is 3.70. The fourth-order valence-corrected chi connectivity index (χ4v) is 2.67. The Morgan fingerprint density at radius 1 is 1.35 bits per heavy atom. The van der Waals surface area contributed by atoms with Crippen LogP contribution < -0.4 is 0 Å². The highest BCUT2D eigenvalue weighted by Crippen LogP contribution is 2.28. The first-order chi connectivity index (χ1) is 8.15. The zero-order valence-electron chi connectivity index (χ0n) is 10.3. The molecule has 2 heterocycles. The zero-order valence-corrected chi connectivity index (χ0v) is 10.3. The van der Waals surface area contributed by atoms with Gasteiger partial charge in [0.05, 0.1) is 0 Å². The summed E-state index contributed by atoms with van der Waals surface area (Å²) in [4.78, 5) is 5.86. The molecule has 0 atom stereocenters. The van der Waals surface area contributed by atoms with Crippen LogP contribution in [0.5, 0.6) is 0 Å². The number of aromatic nitrogens is 1. The van der Waals surface area contributed by atoms with E-state index in [-0.39, 0.29) is 5.82 Å². The molecule has 0 fully saturated rings. The van der Waals surface area contributed by atoms with Crippen molar-refractivity contribution in [3.8, 4) is 0 Å². The molecule has 1 aromatic heterocycles. The minimum absolute atomic E-state index is 0.148. The van der Waals surface area contributed by atoms with Gasteiger partial charge >= 0.3 is 0 Å². The van der Waals surface area contributed by atoms with Crippen LogP contribution in [0.4, 0.5) is 4.39 Å². The summed E-state index contributed by atoms with van der Waals surface area (Å²) in [5.74, 6) is -0.148. The lowest BCUT2D eigenvalue weighted by Gasteiger charge is -2.30. The second kappa shape index (κ2) is 3.84. The fourth-order valence-electron chi connectivity index (χ4n) is 2.67. The number of fused-ring (bicyclic) bond motifs is 3. The van der Waals surface area contributed by atoms with E-state index in [0.717, 1.165) is 30.4 Å². The number of aromatic amines is 1. The molecule has 1 aliphatic rings. The van der Waals surface area contributed by atoms with Gasteiger partial charge in [-0.2, -0.15) is 0 Å².